The van der Waals surface area contributed by atoms with E-state index in [0.717, 1.165) is 31.7 Å². The highest BCUT2D eigenvalue weighted by atomic mass is 32.2. The number of carbonyl (C=O) groups excluding carboxylic acids is 1. The van der Waals surface area contributed by atoms with E-state index < -0.39 is 5.60 Å². The zero-order valence-electron chi connectivity index (χ0n) is 13.0. The summed E-state index contributed by atoms with van der Waals surface area (Å²) < 4.78 is 5.46. The lowest BCUT2D eigenvalue weighted by atomic mass is 10.1. The van der Waals surface area contributed by atoms with Gasteiger partial charge in [0.2, 0.25) is 0 Å². The molecule has 1 saturated heterocycles. The summed E-state index contributed by atoms with van der Waals surface area (Å²) in [5.74, 6) is 0.945. The molecular weight excluding hydrogens is 284 g/mol. The first kappa shape index (κ1) is 16.1. The lowest BCUT2D eigenvalue weighted by Gasteiger charge is -2.33. The Morgan fingerprint density at radius 1 is 1.52 bits per heavy atom. The fraction of sp³-hybridized carbons (Fsp3) is 0.625. The fourth-order valence-corrected chi connectivity index (χ4v) is 3.48. The molecule has 0 aromatic carbocycles. The normalized spacial score (nSPS) is 19.4. The number of rotatable bonds is 3. The van der Waals surface area contributed by atoms with Gasteiger partial charge in [-0.2, -0.15) is 11.8 Å². The van der Waals surface area contributed by atoms with Gasteiger partial charge in [-0.15, -0.1) is 0 Å². The number of thioether (sulfide) groups is 1. The molecule has 1 atom stereocenters. The van der Waals surface area contributed by atoms with Gasteiger partial charge < -0.3 is 9.64 Å². The third kappa shape index (κ3) is 5.58. The topological polar surface area (TPSA) is 42.4 Å². The van der Waals surface area contributed by atoms with E-state index in [-0.39, 0.29) is 6.09 Å². The van der Waals surface area contributed by atoms with Gasteiger partial charge in [-0.1, -0.05) is 6.07 Å². The van der Waals surface area contributed by atoms with Crippen molar-refractivity contribution in [2.45, 2.75) is 50.2 Å². The first-order valence-electron chi connectivity index (χ1n) is 7.42. The van der Waals surface area contributed by atoms with Crippen molar-refractivity contribution in [2.75, 3.05) is 13.1 Å². The summed E-state index contributed by atoms with van der Waals surface area (Å²) in [5.41, 5.74) is 0.810. The maximum Gasteiger partial charge on any atom is 0.410 e. The number of carbonyl (C=O) groups is 1. The second-order valence-electron chi connectivity index (χ2n) is 6.36. The molecule has 0 spiro atoms. The van der Waals surface area contributed by atoms with Crippen LogP contribution in [0.4, 0.5) is 4.79 Å². The molecule has 116 valence electrons. The van der Waals surface area contributed by atoms with Crippen molar-refractivity contribution in [1.82, 2.24) is 9.88 Å². The summed E-state index contributed by atoms with van der Waals surface area (Å²) in [6, 6.07) is 4.05. The lowest BCUT2D eigenvalue weighted by Crippen LogP contribution is -2.43. The number of pyridine rings is 1. The summed E-state index contributed by atoms with van der Waals surface area (Å²) in [7, 11) is 0. The Balaban J connectivity index is 1.82. The van der Waals surface area contributed by atoms with Crippen LogP contribution in [0.25, 0.3) is 0 Å². The maximum atomic E-state index is 12.1. The lowest BCUT2D eigenvalue weighted by molar-refractivity contribution is 0.0220. The molecule has 0 radical (unpaired) electrons. The Morgan fingerprint density at radius 3 is 3.00 bits per heavy atom. The van der Waals surface area contributed by atoms with Crippen LogP contribution in [-0.2, 0) is 10.5 Å². The van der Waals surface area contributed by atoms with Gasteiger partial charge in [-0.25, -0.2) is 4.79 Å². The van der Waals surface area contributed by atoms with E-state index in [1.54, 1.807) is 6.20 Å². The largest absolute Gasteiger partial charge is 0.444 e. The first-order valence-corrected chi connectivity index (χ1v) is 8.47. The molecule has 1 fully saturated rings. The van der Waals surface area contributed by atoms with Gasteiger partial charge in [0, 0.05) is 36.5 Å². The minimum Gasteiger partial charge on any atom is -0.444 e. The number of aromatic nitrogens is 1. The van der Waals surface area contributed by atoms with E-state index in [0.29, 0.717) is 5.25 Å². The van der Waals surface area contributed by atoms with Crippen LogP contribution in [0.5, 0.6) is 0 Å². The molecule has 5 heteroatoms. The van der Waals surface area contributed by atoms with Gasteiger partial charge in [0.15, 0.2) is 0 Å². The van der Waals surface area contributed by atoms with Crippen LogP contribution in [-0.4, -0.2) is 39.9 Å². The predicted octanol–water partition coefficient (Wildman–Crippen LogP) is 3.71. The van der Waals surface area contributed by atoms with Crippen molar-refractivity contribution < 1.29 is 9.53 Å². The molecule has 1 aromatic heterocycles. The van der Waals surface area contributed by atoms with Crippen molar-refractivity contribution in [2.24, 2.45) is 0 Å². The summed E-state index contributed by atoms with van der Waals surface area (Å²) >= 11 is 1.90. The maximum absolute atomic E-state index is 12.1. The summed E-state index contributed by atoms with van der Waals surface area (Å²) in [6.07, 6.45) is 5.71. The van der Waals surface area contributed by atoms with E-state index in [2.05, 4.69) is 11.1 Å². The average Bonchev–Trinajstić information content (AvgIpc) is 2.45. The van der Waals surface area contributed by atoms with Crippen molar-refractivity contribution in [3.05, 3.63) is 30.1 Å². The molecule has 1 amide bonds. The number of likely N-dealkylation sites (tertiary alicyclic amines) is 1. The highest BCUT2D eigenvalue weighted by Crippen LogP contribution is 2.26. The second kappa shape index (κ2) is 7.16. The Labute approximate surface area is 131 Å². The Bertz CT molecular complexity index is 459. The molecular formula is C16H24N2O2S. The van der Waals surface area contributed by atoms with Crippen molar-refractivity contribution in [3.8, 4) is 0 Å². The minimum atomic E-state index is -0.424. The molecule has 0 saturated carbocycles. The third-order valence-electron chi connectivity index (χ3n) is 3.24. The van der Waals surface area contributed by atoms with Gasteiger partial charge in [0.1, 0.15) is 5.60 Å². The summed E-state index contributed by atoms with van der Waals surface area (Å²) in [5, 5.41) is 0.478. The number of piperidine rings is 1. The zero-order valence-corrected chi connectivity index (χ0v) is 13.9. The number of hydrogen-bond acceptors (Lipinski definition) is 4. The van der Waals surface area contributed by atoms with Gasteiger partial charge >= 0.3 is 6.09 Å². The highest BCUT2D eigenvalue weighted by molar-refractivity contribution is 7.99. The standard InChI is InChI=1S/C16H24N2O2S/c1-16(2,3)20-15(19)18-9-5-7-14(11-18)21-12-13-6-4-8-17-10-13/h4,6,8,10,14H,5,7,9,11-12H2,1-3H3. The minimum absolute atomic E-state index is 0.186. The first-order chi connectivity index (χ1) is 9.94. The van der Waals surface area contributed by atoms with E-state index in [4.69, 9.17) is 4.74 Å². The number of amides is 1. The molecule has 1 unspecified atom stereocenters. The van der Waals surface area contributed by atoms with E-state index in [1.807, 2.05) is 49.7 Å². The van der Waals surface area contributed by atoms with Gasteiger partial charge in [0.25, 0.3) is 0 Å². The van der Waals surface area contributed by atoms with Crippen molar-refractivity contribution in [3.63, 3.8) is 0 Å². The number of ether oxygens (including phenoxy) is 1. The summed E-state index contributed by atoms with van der Waals surface area (Å²) in [4.78, 5) is 18.1. The monoisotopic (exact) mass is 308 g/mol. The molecule has 21 heavy (non-hydrogen) atoms. The van der Waals surface area contributed by atoms with Crippen LogP contribution in [0.1, 0.15) is 39.2 Å². The molecule has 1 aromatic rings. The van der Waals surface area contributed by atoms with Crippen LogP contribution < -0.4 is 0 Å². The summed E-state index contributed by atoms with van der Waals surface area (Å²) in [6.45, 7) is 7.30. The molecule has 2 rings (SSSR count). The SMILES string of the molecule is CC(C)(C)OC(=O)N1CCCC(SCc2cccnc2)C1. The van der Waals surface area contributed by atoms with Crippen LogP contribution in [0.3, 0.4) is 0 Å². The Kier molecular flexibility index (Phi) is 5.51. The van der Waals surface area contributed by atoms with Crippen molar-refractivity contribution >= 4 is 17.9 Å². The van der Waals surface area contributed by atoms with Gasteiger partial charge in [0.05, 0.1) is 0 Å². The molecule has 2 heterocycles. The van der Waals surface area contributed by atoms with Crippen LogP contribution in [0, 0.1) is 0 Å². The van der Waals surface area contributed by atoms with Crippen LogP contribution in [0.2, 0.25) is 0 Å². The van der Waals surface area contributed by atoms with Gasteiger partial charge in [-0.05, 0) is 45.2 Å². The molecule has 1 aliphatic heterocycles. The molecule has 0 bridgehead atoms. The second-order valence-corrected chi connectivity index (χ2v) is 7.65. The van der Waals surface area contributed by atoms with E-state index >= 15 is 0 Å². The van der Waals surface area contributed by atoms with Crippen molar-refractivity contribution in [1.29, 1.82) is 0 Å². The van der Waals surface area contributed by atoms with Gasteiger partial charge in [-0.3, -0.25) is 4.98 Å². The predicted molar refractivity (Wildman–Crippen MR) is 86.4 cm³/mol. The fourth-order valence-electron chi connectivity index (χ4n) is 2.26. The quantitative estimate of drug-likeness (QED) is 0.853. The third-order valence-corrected chi connectivity index (χ3v) is 4.59. The number of nitrogens with zero attached hydrogens (tertiary/aromatic N) is 2. The molecule has 1 aliphatic rings. The van der Waals surface area contributed by atoms with E-state index in [1.165, 1.54) is 5.56 Å². The Hall–Kier alpha value is -1.23. The molecule has 4 nitrogen and oxygen atoms in total. The van der Waals surface area contributed by atoms with Crippen LogP contribution in [0.15, 0.2) is 24.5 Å². The Morgan fingerprint density at radius 2 is 2.33 bits per heavy atom. The average molecular weight is 308 g/mol. The molecule has 0 aliphatic carbocycles. The zero-order chi connectivity index (χ0) is 15.3. The number of hydrogen-bond donors (Lipinski definition) is 0. The smallest absolute Gasteiger partial charge is 0.410 e. The molecule has 0 N–H and O–H groups in total. The van der Waals surface area contributed by atoms with E-state index in [9.17, 15) is 4.79 Å². The highest BCUT2D eigenvalue weighted by Gasteiger charge is 2.27. The van der Waals surface area contributed by atoms with Crippen LogP contribution >= 0.6 is 11.8 Å².